The standard InChI is InChI=1S/C28H23N3O3S2/c32-26(29-15-16-34-21-9-2-1-3-10-21)18-35-28-31-24-14-13-20(17-25(24)36-28)30-27(33)23-12-6-8-19-7-4-5-11-22(19)23/h1-14,17H,15-16,18H2,(H,29,32)(H,30,33). The van der Waals surface area contributed by atoms with Crippen LogP contribution in [0, 0.1) is 0 Å². The van der Waals surface area contributed by atoms with Crippen LogP contribution in [-0.4, -0.2) is 35.7 Å². The minimum Gasteiger partial charge on any atom is -0.492 e. The molecular weight excluding hydrogens is 490 g/mol. The van der Waals surface area contributed by atoms with Crippen LogP contribution < -0.4 is 15.4 Å². The summed E-state index contributed by atoms with van der Waals surface area (Å²) in [7, 11) is 0. The first-order valence-corrected chi connectivity index (χ1v) is 13.2. The molecule has 8 heteroatoms. The van der Waals surface area contributed by atoms with Gasteiger partial charge in [0.2, 0.25) is 5.91 Å². The Balaban J connectivity index is 1.15. The zero-order valence-electron chi connectivity index (χ0n) is 19.3. The average molecular weight is 514 g/mol. The number of benzene rings is 4. The Kier molecular flexibility index (Phi) is 7.44. The maximum atomic E-state index is 13.0. The van der Waals surface area contributed by atoms with Crippen molar-refractivity contribution >= 4 is 61.6 Å². The number of nitrogens with one attached hydrogen (secondary N) is 2. The fourth-order valence-electron chi connectivity index (χ4n) is 3.72. The molecule has 0 atom stereocenters. The van der Waals surface area contributed by atoms with E-state index in [1.807, 2.05) is 91.0 Å². The van der Waals surface area contributed by atoms with Crippen LogP contribution in [0.4, 0.5) is 5.69 Å². The summed E-state index contributed by atoms with van der Waals surface area (Å²) in [6.07, 6.45) is 0. The number of amides is 2. The van der Waals surface area contributed by atoms with E-state index in [4.69, 9.17) is 4.74 Å². The quantitative estimate of drug-likeness (QED) is 0.187. The summed E-state index contributed by atoms with van der Waals surface area (Å²) in [5, 5.41) is 7.80. The molecule has 0 bridgehead atoms. The van der Waals surface area contributed by atoms with Crippen molar-refractivity contribution in [1.29, 1.82) is 0 Å². The number of nitrogens with zero attached hydrogens (tertiary/aromatic N) is 1. The number of carbonyl (C=O) groups excluding carboxylic acids is 2. The number of thiazole rings is 1. The topological polar surface area (TPSA) is 80.3 Å². The van der Waals surface area contributed by atoms with Crippen LogP contribution in [0.3, 0.4) is 0 Å². The first-order chi connectivity index (χ1) is 17.7. The fourth-order valence-corrected chi connectivity index (χ4v) is 5.66. The molecule has 180 valence electrons. The van der Waals surface area contributed by atoms with Gasteiger partial charge in [0, 0.05) is 11.3 Å². The van der Waals surface area contributed by atoms with Crippen molar-refractivity contribution in [3.05, 3.63) is 96.6 Å². The number of hydrogen-bond donors (Lipinski definition) is 2. The van der Waals surface area contributed by atoms with E-state index in [-0.39, 0.29) is 17.6 Å². The summed E-state index contributed by atoms with van der Waals surface area (Å²) in [5.74, 6) is 0.830. The smallest absolute Gasteiger partial charge is 0.256 e. The lowest BCUT2D eigenvalue weighted by molar-refractivity contribution is -0.118. The normalized spacial score (nSPS) is 10.9. The zero-order valence-corrected chi connectivity index (χ0v) is 20.9. The molecule has 0 aliphatic heterocycles. The van der Waals surface area contributed by atoms with Gasteiger partial charge < -0.3 is 15.4 Å². The van der Waals surface area contributed by atoms with Gasteiger partial charge >= 0.3 is 0 Å². The molecular formula is C28H23N3O3S2. The number of anilines is 1. The van der Waals surface area contributed by atoms with Gasteiger partial charge in [-0.05, 0) is 47.2 Å². The number of carbonyl (C=O) groups is 2. The van der Waals surface area contributed by atoms with E-state index >= 15 is 0 Å². The molecule has 0 spiro atoms. The van der Waals surface area contributed by atoms with Crippen LogP contribution >= 0.6 is 23.1 Å². The van der Waals surface area contributed by atoms with Crippen molar-refractivity contribution < 1.29 is 14.3 Å². The van der Waals surface area contributed by atoms with Gasteiger partial charge in [0.1, 0.15) is 12.4 Å². The number of ether oxygens (including phenoxy) is 1. The van der Waals surface area contributed by atoms with E-state index in [9.17, 15) is 9.59 Å². The highest BCUT2D eigenvalue weighted by Gasteiger charge is 2.12. The van der Waals surface area contributed by atoms with Gasteiger partial charge in [-0.1, -0.05) is 66.4 Å². The Labute approximate surface area is 216 Å². The number of rotatable bonds is 9. The molecule has 1 heterocycles. The van der Waals surface area contributed by atoms with Gasteiger partial charge in [0.05, 0.1) is 22.5 Å². The van der Waals surface area contributed by atoms with Crippen LogP contribution in [0.2, 0.25) is 0 Å². The molecule has 2 amide bonds. The third kappa shape index (κ3) is 5.84. The lowest BCUT2D eigenvalue weighted by Gasteiger charge is -2.08. The maximum Gasteiger partial charge on any atom is 0.256 e. The molecule has 4 aromatic carbocycles. The lowest BCUT2D eigenvalue weighted by atomic mass is 10.0. The number of para-hydroxylation sites is 1. The highest BCUT2D eigenvalue weighted by atomic mass is 32.2. The van der Waals surface area contributed by atoms with Crippen molar-refractivity contribution in [2.24, 2.45) is 0 Å². The highest BCUT2D eigenvalue weighted by Crippen LogP contribution is 2.31. The minimum atomic E-state index is -0.154. The predicted octanol–water partition coefficient (Wildman–Crippen LogP) is 5.99. The first kappa shape index (κ1) is 23.8. The predicted molar refractivity (Wildman–Crippen MR) is 147 cm³/mol. The summed E-state index contributed by atoms with van der Waals surface area (Å²) in [6.45, 7) is 0.850. The van der Waals surface area contributed by atoms with E-state index in [0.717, 1.165) is 31.1 Å². The molecule has 0 radical (unpaired) electrons. The minimum absolute atomic E-state index is 0.0704. The van der Waals surface area contributed by atoms with Crippen molar-refractivity contribution in [2.45, 2.75) is 4.34 Å². The second-order valence-electron chi connectivity index (χ2n) is 7.94. The van der Waals surface area contributed by atoms with Crippen molar-refractivity contribution in [1.82, 2.24) is 10.3 Å². The van der Waals surface area contributed by atoms with Crippen LogP contribution in [0.25, 0.3) is 21.0 Å². The van der Waals surface area contributed by atoms with Crippen LogP contribution in [0.5, 0.6) is 5.75 Å². The van der Waals surface area contributed by atoms with E-state index in [1.54, 1.807) is 0 Å². The monoisotopic (exact) mass is 513 g/mol. The van der Waals surface area contributed by atoms with Gasteiger partial charge in [0.25, 0.3) is 5.91 Å². The Morgan fingerprint density at radius 1 is 0.917 bits per heavy atom. The second kappa shape index (κ2) is 11.2. The highest BCUT2D eigenvalue weighted by molar-refractivity contribution is 8.01. The molecule has 0 aliphatic carbocycles. The van der Waals surface area contributed by atoms with E-state index in [2.05, 4.69) is 15.6 Å². The molecule has 0 saturated carbocycles. The molecule has 0 unspecified atom stereocenters. The molecule has 5 rings (SSSR count). The van der Waals surface area contributed by atoms with Gasteiger partial charge in [-0.25, -0.2) is 4.98 Å². The molecule has 2 N–H and O–H groups in total. The van der Waals surface area contributed by atoms with Gasteiger partial charge in [-0.2, -0.15) is 0 Å². The van der Waals surface area contributed by atoms with E-state index in [1.165, 1.54) is 23.1 Å². The van der Waals surface area contributed by atoms with Crippen LogP contribution in [0.15, 0.2) is 95.3 Å². The fraction of sp³-hybridized carbons (Fsp3) is 0.107. The lowest BCUT2D eigenvalue weighted by Crippen LogP contribution is -2.29. The van der Waals surface area contributed by atoms with Crippen molar-refractivity contribution in [2.75, 3.05) is 24.2 Å². The summed E-state index contributed by atoms with van der Waals surface area (Å²) < 4.78 is 7.34. The van der Waals surface area contributed by atoms with E-state index in [0.29, 0.717) is 24.4 Å². The number of hydrogen-bond acceptors (Lipinski definition) is 6. The van der Waals surface area contributed by atoms with Gasteiger partial charge in [0.15, 0.2) is 4.34 Å². The molecule has 36 heavy (non-hydrogen) atoms. The number of aromatic nitrogens is 1. The van der Waals surface area contributed by atoms with Crippen molar-refractivity contribution in [3.63, 3.8) is 0 Å². The van der Waals surface area contributed by atoms with Gasteiger partial charge in [-0.3, -0.25) is 9.59 Å². The van der Waals surface area contributed by atoms with Crippen LogP contribution in [0.1, 0.15) is 10.4 Å². The van der Waals surface area contributed by atoms with Crippen molar-refractivity contribution in [3.8, 4) is 5.75 Å². The summed E-state index contributed by atoms with van der Waals surface area (Å²) in [5.41, 5.74) is 2.17. The molecule has 6 nitrogen and oxygen atoms in total. The zero-order chi connectivity index (χ0) is 24.7. The molecule has 5 aromatic rings. The molecule has 1 aromatic heterocycles. The Morgan fingerprint density at radius 2 is 1.72 bits per heavy atom. The Hall–Kier alpha value is -3.88. The molecule has 0 fully saturated rings. The summed E-state index contributed by atoms with van der Waals surface area (Å²) in [4.78, 5) is 29.7. The molecule has 0 saturated heterocycles. The maximum absolute atomic E-state index is 13.0. The van der Waals surface area contributed by atoms with E-state index < -0.39 is 0 Å². The third-order valence-corrected chi connectivity index (χ3v) is 7.58. The first-order valence-electron chi connectivity index (χ1n) is 11.4. The number of thioether (sulfide) groups is 1. The summed E-state index contributed by atoms with van der Waals surface area (Å²) >= 11 is 2.89. The van der Waals surface area contributed by atoms with Crippen LogP contribution in [-0.2, 0) is 4.79 Å². The SMILES string of the molecule is O=C(CSc1nc2ccc(NC(=O)c3cccc4ccccc34)cc2s1)NCCOc1ccccc1. The van der Waals surface area contributed by atoms with Gasteiger partial charge in [-0.15, -0.1) is 11.3 Å². The third-order valence-electron chi connectivity index (χ3n) is 5.42. The number of fused-ring (bicyclic) bond motifs is 2. The summed E-state index contributed by atoms with van der Waals surface area (Å²) in [6, 6.07) is 28.7. The second-order valence-corrected chi connectivity index (χ2v) is 10.2. The Morgan fingerprint density at radius 3 is 2.61 bits per heavy atom. The largest absolute Gasteiger partial charge is 0.492 e. The molecule has 0 aliphatic rings. The Bertz CT molecular complexity index is 1510. The average Bonchev–Trinajstić information content (AvgIpc) is 3.32.